The summed E-state index contributed by atoms with van der Waals surface area (Å²) < 4.78 is 17.4. The number of ether oxygens (including phenoxy) is 3. The number of aromatic nitrogens is 2. The molecule has 8 nitrogen and oxygen atoms in total. The molecule has 0 atom stereocenters. The average Bonchev–Trinajstić information content (AvgIpc) is 3.11. The van der Waals surface area contributed by atoms with E-state index < -0.39 is 5.97 Å². The van der Waals surface area contributed by atoms with Crippen molar-refractivity contribution in [2.24, 2.45) is 0 Å². The third-order valence-electron chi connectivity index (χ3n) is 3.81. The maximum absolute atomic E-state index is 12.2. The van der Waals surface area contributed by atoms with Crippen molar-refractivity contribution in [1.29, 1.82) is 0 Å². The molecule has 0 saturated heterocycles. The minimum absolute atomic E-state index is 0.150. The zero-order chi connectivity index (χ0) is 19.9. The van der Waals surface area contributed by atoms with E-state index in [1.807, 2.05) is 6.92 Å². The van der Waals surface area contributed by atoms with Crippen LogP contribution in [0.2, 0.25) is 0 Å². The molecule has 0 radical (unpaired) electrons. The molecule has 2 heterocycles. The van der Waals surface area contributed by atoms with E-state index in [4.69, 9.17) is 14.2 Å². The molecule has 8 heteroatoms. The normalized spacial score (nSPS) is 10.5. The topological polar surface area (TPSA) is 91.2 Å². The van der Waals surface area contributed by atoms with Crippen LogP contribution >= 0.6 is 0 Å². The Bertz CT molecular complexity index is 966. The highest BCUT2D eigenvalue weighted by Crippen LogP contribution is 2.19. The Balaban J connectivity index is 1.62. The van der Waals surface area contributed by atoms with Crippen LogP contribution < -0.4 is 14.8 Å². The molecule has 0 saturated carbocycles. The standard InChI is InChI=1S/C20H21N3O5/c1-3-26-15-5-7-16(8-6-15)28-13-19(24)22-14-9-10-23-18(11-14)17(12-21-23)20(25)27-4-2/h5-12H,3-4,13H2,1-2H3,(H,22,24). The fourth-order valence-corrected chi connectivity index (χ4v) is 2.57. The van der Waals surface area contributed by atoms with Crippen LogP contribution in [0.3, 0.4) is 0 Å². The SMILES string of the molecule is CCOC(=O)c1cnn2ccc(NC(=O)COc3ccc(OCC)cc3)cc12. The van der Waals surface area contributed by atoms with Crippen molar-refractivity contribution in [3.05, 3.63) is 54.4 Å². The lowest BCUT2D eigenvalue weighted by Gasteiger charge is -2.09. The number of esters is 1. The Morgan fingerprint density at radius 1 is 1.04 bits per heavy atom. The number of fused-ring (bicyclic) bond motifs is 1. The maximum atomic E-state index is 12.2. The van der Waals surface area contributed by atoms with Crippen molar-refractivity contribution in [1.82, 2.24) is 9.61 Å². The molecule has 1 N–H and O–H groups in total. The largest absolute Gasteiger partial charge is 0.494 e. The van der Waals surface area contributed by atoms with Gasteiger partial charge in [-0.2, -0.15) is 5.10 Å². The van der Waals surface area contributed by atoms with E-state index in [0.29, 0.717) is 29.1 Å². The predicted octanol–water partition coefficient (Wildman–Crippen LogP) is 2.93. The monoisotopic (exact) mass is 383 g/mol. The third kappa shape index (κ3) is 4.59. The van der Waals surface area contributed by atoms with Crippen molar-refractivity contribution in [2.45, 2.75) is 13.8 Å². The molecule has 146 valence electrons. The molecule has 0 aliphatic rings. The summed E-state index contributed by atoms with van der Waals surface area (Å²) in [5.74, 6) is 0.524. The van der Waals surface area contributed by atoms with Crippen molar-refractivity contribution < 1.29 is 23.8 Å². The summed E-state index contributed by atoms with van der Waals surface area (Å²) >= 11 is 0. The summed E-state index contributed by atoms with van der Waals surface area (Å²) in [6.45, 7) is 4.35. The van der Waals surface area contributed by atoms with E-state index >= 15 is 0 Å². The van der Waals surface area contributed by atoms with E-state index in [-0.39, 0.29) is 19.1 Å². The van der Waals surface area contributed by atoms with Gasteiger partial charge in [0.2, 0.25) is 0 Å². The van der Waals surface area contributed by atoms with Gasteiger partial charge in [0.1, 0.15) is 17.1 Å². The molecular weight excluding hydrogens is 362 g/mol. The summed E-state index contributed by atoms with van der Waals surface area (Å²) in [6.07, 6.45) is 3.09. The van der Waals surface area contributed by atoms with Crippen molar-refractivity contribution in [2.75, 3.05) is 25.1 Å². The number of carbonyl (C=O) groups excluding carboxylic acids is 2. The Kier molecular flexibility index (Phi) is 6.11. The Hall–Kier alpha value is -3.55. The number of nitrogens with zero attached hydrogens (tertiary/aromatic N) is 2. The first-order chi connectivity index (χ1) is 13.6. The van der Waals surface area contributed by atoms with Gasteiger partial charge >= 0.3 is 5.97 Å². The van der Waals surface area contributed by atoms with Crippen LogP contribution in [0, 0.1) is 0 Å². The second kappa shape index (κ2) is 8.90. The van der Waals surface area contributed by atoms with Gasteiger partial charge in [-0.1, -0.05) is 0 Å². The number of nitrogens with one attached hydrogen (secondary N) is 1. The minimum atomic E-state index is -0.459. The van der Waals surface area contributed by atoms with E-state index in [9.17, 15) is 9.59 Å². The first-order valence-electron chi connectivity index (χ1n) is 8.90. The molecule has 1 amide bonds. The first-order valence-corrected chi connectivity index (χ1v) is 8.90. The summed E-state index contributed by atoms with van der Waals surface area (Å²) in [4.78, 5) is 24.2. The van der Waals surface area contributed by atoms with Crippen LogP contribution in [0.5, 0.6) is 11.5 Å². The van der Waals surface area contributed by atoms with E-state index in [1.165, 1.54) is 6.20 Å². The molecule has 2 aromatic heterocycles. The smallest absolute Gasteiger partial charge is 0.341 e. The Morgan fingerprint density at radius 2 is 1.75 bits per heavy atom. The lowest BCUT2D eigenvalue weighted by molar-refractivity contribution is -0.118. The summed E-state index contributed by atoms with van der Waals surface area (Å²) in [5, 5.41) is 6.85. The van der Waals surface area contributed by atoms with Gasteiger partial charge in [-0.3, -0.25) is 4.79 Å². The number of rotatable bonds is 8. The number of benzene rings is 1. The van der Waals surface area contributed by atoms with Crippen molar-refractivity contribution in [3.8, 4) is 11.5 Å². The van der Waals surface area contributed by atoms with E-state index in [0.717, 1.165) is 5.75 Å². The summed E-state index contributed by atoms with van der Waals surface area (Å²) in [5.41, 5.74) is 1.41. The number of pyridine rings is 1. The summed E-state index contributed by atoms with van der Waals surface area (Å²) in [7, 11) is 0. The molecule has 0 unspecified atom stereocenters. The van der Waals surface area contributed by atoms with Gasteiger partial charge < -0.3 is 19.5 Å². The average molecular weight is 383 g/mol. The number of hydrogen-bond acceptors (Lipinski definition) is 6. The van der Waals surface area contributed by atoms with Crippen LogP contribution in [-0.4, -0.2) is 41.3 Å². The van der Waals surface area contributed by atoms with Crippen LogP contribution in [0.1, 0.15) is 24.2 Å². The van der Waals surface area contributed by atoms with Gasteiger partial charge in [0.25, 0.3) is 5.91 Å². The van der Waals surface area contributed by atoms with Crippen LogP contribution in [0.4, 0.5) is 5.69 Å². The molecule has 28 heavy (non-hydrogen) atoms. The molecule has 0 aliphatic heterocycles. The lowest BCUT2D eigenvalue weighted by atomic mass is 10.2. The highest BCUT2D eigenvalue weighted by atomic mass is 16.5. The van der Waals surface area contributed by atoms with Gasteiger partial charge in [-0.25, -0.2) is 9.31 Å². The fraction of sp³-hybridized carbons (Fsp3) is 0.250. The highest BCUT2D eigenvalue weighted by Gasteiger charge is 2.14. The van der Waals surface area contributed by atoms with Crippen LogP contribution in [-0.2, 0) is 9.53 Å². The minimum Gasteiger partial charge on any atom is -0.494 e. The number of carbonyl (C=O) groups is 2. The Morgan fingerprint density at radius 3 is 2.43 bits per heavy atom. The fourth-order valence-electron chi connectivity index (χ4n) is 2.57. The van der Waals surface area contributed by atoms with Crippen molar-refractivity contribution in [3.63, 3.8) is 0 Å². The molecule has 0 spiro atoms. The predicted molar refractivity (Wildman–Crippen MR) is 103 cm³/mol. The quantitative estimate of drug-likeness (QED) is 0.602. The van der Waals surface area contributed by atoms with Crippen LogP contribution in [0.25, 0.3) is 5.52 Å². The number of hydrogen-bond donors (Lipinski definition) is 1. The van der Waals surface area contributed by atoms with Gasteiger partial charge in [0.15, 0.2) is 6.61 Å². The molecule has 3 rings (SSSR count). The summed E-state index contributed by atoms with van der Waals surface area (Å²) in [6, 6.07) is 10.4. The zero-order valence-corrected chi connectivity index (χ0v) is 15.7. The van der Waals surface area contributed by atoms with E-state index in [1.54, 1.807) is 54.0 Å². The molecular formula is C20H21N3O5. The van der Waals surface area contributed by atoms with E-state index in [2.05, 4.69) is 10.4 Å². The molecule has 1 aromatic carbocycles. The lowest BCUT2D eigenvalue weighted by Crippen LogP contribution is -2.20. The second-order valence-electron chi connectivity index (χ2n) is 5.77. The molecule has 3 aromatic rings. The Labute approximate surface area is 162 Å². The molecule has 0 fully saturated rings. The van der Waals surface area contributed by atoms with Gasteiger partial charge in [0.05, 0.1) is 24.9 Å². The zero-order valence-electron chi connectivity index (χ0n) is 15.7. The number of amides is 1. The second-order valence-corrected chi connectivity index (χ2v) is 5.77. The maximum Gasteiger partial charge on any atom is 0.341 e. The van der Waals surface area contributed by atoms with Gasteiger partial charge in [-0.05, 0) is 50.2 Å². The third-order valence-corrected chi connectivity index (χ3v) is 3.81. The molecule has 0 aliphatic carbocycles. The highest BCUT2D eigenvalue weighted by molar-refractivity contribution is 5.98. The van der Waals surface area contributed by atoms with Gasteiger partial charge in [-0.15, -0.1) is 0 Å². The number of anilines is 1. The van der Waals surface area contributed by atoms with Crippen molar-refractivity contribution >= 4 is 23.1 Å². The van der Waals surface area contributed by atoms with Crippen LogP contribution in [0.15, 0.2) is 48.8 Å². The van der Waals surface area contributed by atoms with Gasteiger partial charge in [0, 0.05) is 11.9 Å². The molecule has 0 bridgehead atoms. The first kappa shape index (κ1) is 19.2.